The summed E-state index contributed by atoms with van der Waals surface area (Å²) in [6.07, 6.45) is 8.51. The zero-order chi connectivity index (χ0) is 10.1. The van der Waals surface area contributed by atoms with Crippen LogP contribution in [-0.2, 0) is 9.63 Å². The van der Waals surface area contributed by atoms with E-state index >= 15 is 0 Å². The molecule has 0 atom stereocenters. The molecule has 1 aliphatic heterocycles. The van der Waals surface area contributed by atoms with Crippen LogP contribution in [0.5, 0.6) is 0 Å². The molecule has 0 saturated heterocycles. The van der Waals surface area contributed by atoms with Crippen molar-refractivity contribution < 1.29 is 9.63 Å². The van der Waals surface area contributed by atoms with Crippen molar-refractivity contribution in [3.8, 4) is 0 Å². The van der Waals surface area contributed by atoms with E-state index < -0.39 is 0 Å². The molecule has 1 heterocycles. The van der Waals surface area contributed by atoms with Gasteiger partial charge in [-0.15, -0.1) is 0 Å². The number of carbonyl (C=O) groups excluding carboxylic acids is 1. The Morgan fingerprint density at radius 2 is 1.57 bits per heavy atom. The Morgan fingerprint density at radius 3 is 2.36 bits per heavy atom. The monoisotopic (exact) mass is 198 g/mol. The third kappa shape index (κ3) is 5.67. The van der Waals surface area contributed by atoms with Crippen LogP contribution in [0.1, 0.15) is 51.4 Å². The molecule has 0 radical (unpaired) electrons. The van der Waals surface area contributed by atoms with Gasteiger partial charge in [0.25, 0.3) is 0 Å². The third-order valence-electron chi connectivity index (χ3n) is 2.34. The second-order valence-corrected chi connectivity index (χ2v) is 3.63. The summed E-state index contributed by atoms with van der Waals surface area (Å²) in [7, 11) is 0. The molecule has 0 bridgehead atoms. The van der Waals surface area contributed by atoms with Crippen LogP contribution in [0.15, 0.2) is 10.4 Å². The van der Waals surface area contributed by atoms with E-state index in [1.54, 1.807) is 0 Å². The van der Waals surface area contributed by atoms with E-state index in [4.69, 9.17) is 0 Å². The largest absolute Gasteiger partial charge is 0.336 e. The van der Waals surface area contributed by atoms with Crippen LogP contribution in [0.3, 0.4) is 0 Å². The first kappa shape index (κ1) is 11.1. The van der Waals surface area contributed by atoms with Gasteiger partial charge in [0.1, 0.15) is 0 Å². The van der Waals surface area contributed by atoms with Crippen molar-refractivity contribution in [3.63, 3.8) is 0 Å². The van der Waals surface area contributed by atoms with E-state index in [-0.39, 0.29) is 5.97 Å². The highest BCUT2D eigenvalue weighted by Crippen LogP contribution is 2.10. The third-order valence-corrected chi connectivity index (χ3v) is 2.34. The van der Waals surface area contributed by atoms with Gasteiger partial charge in [-0.3, -0.25) is 0 Å². The lowest BCUT2D eigenvalue weighted by Crippen LogP contribution is -1.98. The molecule has 0 saturated carbocycles. The lowest BCUT2D eigenvalue weighted by molar-refractivity contribution is -0.144. The highest BCUT2D eigenvalue weighted by molar-refractivity contribution is 5.68. The minimum atomic E-state index is -0.256. The van der Waals surface area contributed by atoms with E-state index in [9.17, 15) is 4.79 Å². The summed E-state index contributed by atoms with van der Waals surface area (Å²) in [6, 6.07) is 0. The van der Waals surface area contributed by atoms with Crippen molar-refractivity contribution >= 4 is 5.97 Å². The predicted octanol–water partition coefficient (Wildman–Crippen LogP) is 3.03. The molecule has 80 valence electrons. The van der Waals surface area contributed by atoms with E-state index in [2.05, 4.69) is 15.2 Å². The van der Waals surface area contributed by atoms with Gasteiger partial charge in [0, 0.05) is 11.7 Å². The van der Waals surface area contributed by atoms with Gasteiger partial charge in [0.05, 0.1) is 6.54 Å². The number of nitrogens with zero attached hydrogens (tertiary/aromatic N) is 2. The van der Waals surface area contributed by atoms with Crippen LogP contribution >= 0.6 is 0 Å². The highest BCUT2D eigenvalue weighted by Gasteiger charge is 2.02. The first-order valence-electron chi connectivity index (χ1n) is 5.46. The SMILES string of the molecule is O=C1CCCCCCCCCN=NO1. The minimum Gasteiger partial charge on any atom is -0.300 e. The zero-order valence-corrected chi connectivity index (χ0v) is 8.57. The summed E-state index contributed by atoms with van der Waals surface area (Å²) in [4.78, 5) is 15.6. The first-order chi connectivity index (χ1) is 6.89. The van der Waals surface area contributed by atoms with E-state index in [1.165, 1.54) is 25.7 Å². The predicted molar refractivity (Wildman–Crippen MR) is 52.8 cm³/mol. The molecule has 0 fully saturated rings. The van der Waals surface area contributed by atoms with Crippen LogP contribution in [0, 0.1) is 0 Å². The van der Waals surface area contributed by atoms with E-state index in [0.29, 0.717) is 13.0 Å². The molecule has 0 N–H and O–H groups in total. The van der Waals surface area contributed by atoms with Gasteiger partial charge in [-0.05, 0) is 12.8 Å². The molecular weight excluding hydrogens is 180 g/mol. The zero-order valence-electron chi connectivity index (χ0n) is 8.57. The van der Waals surface area contributed by atoms with Crippen molar-refractivity contribution in [3.05, 3.63) is 0 Å². The maximum absolute atomic E-state index is 11.0. The normalized spacial score (nSPS) is 21.6. The molecule has 1 rings (SSSR count). The Balaban J connectivity index is 2.24. The van der Waals surface area contributed by atoms with Crippen molar-refractivity contribution in [1.29, 1.82) is 0 Å². The molecule has 4 nitrogen and oxygen atoms in total. The average Bonchev–Trinajstić information content (AvgIpc) is 2.20. The number of rotatable bonds is 0. The fraction of sp³-hybridized carbons (Fsp3) is 0.900. The maximum Gasteiger partial charge on any atom is 0.336 e. The average molecular weight is 198 g/mol. The molecular formula is C10H18N2O2. The summed E-state index contributed by atoms with van der Waals surface area (Å²) in [6.45, 7) is 0.674. The molecule has 0 aromatic rings. The molecule has 0 aliphatic carbocycles. The summed E-state index contributed by atoms with van der Waals surface area (Å²) in [5.41, 5.74) is 0. The van der Waals surface area contributed by atoms with Gasteiger partial charge < -0.3 is 4.84 Å². The van der Waals surface area contributed by atoms with Crippen LogP contribution < -0.4 is 0 Å². The topological polar surface area (TPSA) is 51.0 Å². The molecule has 0 amide bonds. The Morgan fingerprint density at radius 1 is 0.929 bits per heavy atom. The quantitative estimate of drug-likeness (QED) is 0.600. The van der Waals surface area contributed by atoms with Gasteiger partial charge >= 0.3 is 5.97 Å². The summed E-state index contributed by atoms with van der Waals surface area (Å²) in [5, 5.41) is 7.16. The van der Waals surface area contributed by atoms with Gasteiger partial charge in [-0.25, -0.2) is 4.79 Å². The first-order valence-corrected chi connectivity index (χ1v) is 5.46. The summed E-state index contributed by atoms with van der Waals surface area (Å²) >= 11 is 0. The summed E-state index contributed by atoms with van der Waals surface area (Å²) < 4.78 is 0. The second kappa shape index (κ2) is 7.47. The van der Waals surface area contributed by atoms with Crippen molar-refractivity contribution in [2.24, 2.45) is 10.4 Å². The molecule has 0 unspecified atom stereocenters. The smallest absolute Gasteiger partial charge is 0.300 e. The number of hydrogen-bond acceptors (Lipinski definition) is 4. The fourth-order valence-electron chi connectivity index (χ4n) is 1.50. The molecule has 4 heteroatoms. The van der Waals surface area contributed by atoms with Crippen molar-refractivity contribution in [2.45, 2.75) is 51.4 Å². The van der Waals surface area contributed by atoms with Gasteiger partial charge in [-0.1, -0.05) is 32.1 Å². The summed E-state index contributed by atoms with van der Waals surface area (Å²) in [5.74, 6) is -0.256. The number of hydrogen-bond donors (Lipinski definition) is 0. The minimum absolute atomic E-state index is 0.256. The molecule has 0 aromatic carbocycles. The lowest BCUT2D eigenvalue weighted by atomic mass is 10.1. The van der Waals surface area contributed by atoms with Crippen molar-refractivity contribution in [2.75, 3.05) is 6.54 Å². The van der Waals surface area contributed by atoms with Gasteiger partial charge in [0.15, 0.2) is 0 Å². The second-order valence-electron chi connectivity index (χ2n) is 3.63. The lowest BCUT2D eigenvalue weighted by Gasteiger charge is -1.98. The van der Waals surface area contributed by atoms with Gasteiger partial charge in [0.2, 0.25) is 0 Å². The van der Waals surface area contributed by atoms with E-state index in [0.717, 1.165) is 19.3 Å². The van der Waals surface area contributed by atoms with Crippen LogP contribution in [-0.4, -0.2) is 12.5 Å². The van der Waals surface area contributed by atoms with Crippen molar-refractivity contribution in [1.82, 2.24) is 0 Å². The Kier molecular flexibility index (Phi) is 5.95. The Bertz CT molecular complexity index is 193. The van der Waals surface area contributed by atoms with Gasteiger partial charge in [-0.2, -0.15) is 5.11 Å². The molecule has 14 heavy (non-hydrogen) atoms. The van der Waals surface area contributed by atoms with Crippen LogP contribution in [0.2, 0.25) is 0 Å². The highest BCUT2D eigenvalue weighted by atomic mass is 16.7. The van der Waals surface area contributed by atoms with Crippen LogP contribution in [0.4, 0.5) is 0 Å². The fourth-order valence-corrected chi connectivity index (χ4v) is 1.50. The molecule has 1 aliphatic rings. The van der Waals surface area contributed by atoms with E-state index in [1.807, 2.05) is 0 Å². The maximum atomic E-state index is 11.0. The Labute approximate surface area is 84.7 Å². The van der Waals surface area contributed by atoms with Crippen LogP contribution in [0.25, 0.3) is 0 Å². The molecule has 0 spiro atoms. The standard InChI is InChI=1S/C10H18N2O2/c13-10-8-6-4-2-1-3-5-7-9-11-12-14-10/h1-9H2. The molecule has 0 aromatic heterocycles. The Hall–Kier alpha value is -0.930. The number of carbonyl (C=O) groups is 1.